The Labute approximate surface area is 197 Å². The largest absolute Gasteiger partial charge is 0.493 e. The number of carbonyl (C=O) groups excluding carboxylic acids is 3. The molecular weight excluding hydrogens is 440 g/mol. The third-order valence-corrected chi connectivity index (χ3v) is 5.74. The molecule has 0 aliphatic carbocycles. The van der Waals surface area contributed by atoms with E-state index >= 15 is 0 Å². The Morgan fingerprint density at radius 1 is 1.21 bits per heavy atom. The van der Waals surface area contributed by atoms with Crippen molar-refractivity contribution in [2.75, 3.05) is 25.6 Å². The van der Waals surface area contributed by atoms with Crippen molar-refractivity contribution in [3.63, 3.8) is 0 Å². The summed E-state index contributed by atoms with van der Waals surface area (Å²) in [6.45, 7) is 7.73. The lowest BCUT2D eigenvalue weighted by Crippen LogP contribution is -2.36. The quantitative estimate of drug-likeness (QED) is 0.422. The second kappa shape index (κ2) is 10.9. The van der Waals surface area contributed by atoms with E-state index in [9.17, 15) is 14.4 Å². The van der Waals surface area contributed by atoms with Crippen molar-refractivity contribution >= 4 is 40.6 Å². The van der Waals surface area contributed by atoms with E-state index < -0.39 is 17.1 Å². The zero-order valence-electron chi connectivity index (χ0n) is 18.8. The Bertz CT molecular complexity index is 1110. The fraction of sp³-hybridized carbons (Fsp3) is 0.240. The van der Waals surface area contributed by atoms with Crippen LogP contribution in [0.4, 0.5) is 10.5 Å². The number of hydrogen-bond donors (Lipinski definition) is 1. The van der Waals surface area contributed by atoms with Crippen LogP contribution in [0.2, 0.25) is 0 Å². The van der Waals surface area contributed by atoms with E-state index in [-0.39, 0.29) is 11.4 Å². The van der Waals surface area contributed by atoms with Gasteiger partial charge in [-0.3, -0.25) is 19.3 Å². The number of anilines is 1. The maximum atomic E-state index is 12.9. The molecule has 172 valence electrons. The fourth-order valence-electron chi connectivity index (χ4n) is 3.30. The van der Waals surface area contributed by atoms with Crippen molar-refractivity contribution in [1.29, 1.82) is 0 Å². The Morgan fingerprint density at radius 3 is 2.58 bits per heavy atom. The number of hydrogen-bond acceptors (Lipinski definition) is 6. The summed E-state index contributed by atoms with van der Waals surface area (Å²) in [6, 6.07) is 10.9. The summed E-state index contributed by atoms with van der Waals surface area (Å²) < 4.78 is 11.2. The molecule has 1 aliphatic heterocycles. The fourth-order valence-corrected chi connectivity index (χ4v) is 4.14. The van der Waals surface area contributed by atoms with E-state index in [4.69, 9.17) is 9.47 Å². The molecule has 1 heterocycles. The number of imide groups is 1. The van der Waals surface area contributed by atoms with Gasteiger partial charge in [0.25, 0.3) is 11.1 Å². The Kier molecular flexibility index (Phi) is 7.95. The average molecular weight is 467 g/mol. The van der Waals surface area contributed by atoms with E-state index in [0.29, 0.717) is 35.8 Å². The smallest absolute Gasteiger partial charge is 0.294 e. The number of nitrogens with zero attached hydrogens (tertiary/aromatic N) is 1. The van der Waals surface area contributed by atoms with Gasteiger partial charge < -0.3 is 14.8 Å². The SMILES string of the molecule is C=CCc1cc(/C=C2/SC(=O)N(CC(=O)Nc3ccc(C)cc3)C2=O)cc(OC)c1OCC. The van der Waals surface area contributed by atoms with Gasteiger partial charge in [-0.05, 0) is 67.9 Å². The van der Waals surface area contributed by atoms with Crippen LogP contribution in [-0.4, -0.2) is 42.2 Å². The lowest BCUT2D eigenvalue weighted by molar-refractivity contribution is -0.127. The van der Waals surface area contributed by atoms with Gasteiger partial charge in [0.15, 0.2) is 11.5 Å². The van der Waals surface area contributed by atoms with Crippen molar-refractivity contribution in [3.8, 4) is 11.5 Å². The molecule has 0 saturated carbocycles. The zero-order chi connectivity index (χ0) is 24.0. The van der Waals surface area contributed by atoms with E-state index in [1.54, 1.807) is 37.5 Å². The van der Waals surface area contributed by atoms with E-state index in [1.165, 1.54) is 0 Å². The molecule has 1 N–H and O–H groups in total. The summed E-state index contributed by atoms with van der Waals surface area (Å²) in [5, 5.41) is 2.21. The van der Waals surface area contributed by atoms with Crippen LogP contribution >= 0.6 is 11.8 Å². The highest BCUT2D eigenvalue weighted by atomic mass is 32.2. The molecule has 3 amide bonds. The molecule has 1 fully saturated rings. The number of ether oxygens (including phenoxy) is 2. The standard InChI is InChI=1S/C25H26N2O5S/c1-5-7-18-12-17(13-20(31-4)23(18)32-6-2)14-21-24(29)27(25(30)33-21)15-22(28)26-19-10-8-16(3)9-11-19/h5,8-14H,1,6-7,15H2,2-4H3,(H,26,28)/b21-14+. The highest BCUT2D eigenvalue weighted by Gasteiger charge is 2.36. The van der Waals surface area contributed by atoms with Crippen LogP contribution in [0, 0.1) is 6.92 Å². The normalized spacial score (nSPS) is 14.5. The van der Waals surface area contributed by atoms with E-state index in [0.717, 1.165) is 27.8 Å². The summed E-state index contributed by atoms with van der Waals surface area (Å²) in [6.07, 6.45) is 3.92. The van der Waals surface area contributed by atoms with Crippen molar-refractivity contribution in [2.45, 2.75) is 20.3 Å². The lowest BCUT2D eigenvalue weighted by Gasteiger charge is -2.15. The third-order valence-electron chi connectivity index (χ3n) is 4.84. The molecule has 0 bridgehead atoms. The summed E-state index contributed by atoms with van der Waals surface area (Å²) >= 11 is 0.800. The molecular formula is C25H26N2O5S. The first-order valence-electron chi connectivity index (χ1n) is 10.4. The number of methoxy groups -OCH3 is 1. The van der Waals surface area contributed by atoms with Gasteiger partial charge in [-0.1, -0.05) is 23.8 Å². The summed E-state index contributed by atoms with van der Waals surface area (Å²) in [7, 11) is 1.54. The van der Waals surface area contributed by atoms with Crippen LogP contribution in [0.1, 0.15) is 23.6 Å². The van der Waals surface area contributed by atoms with Gasteiger partial charge in [0.05, 0.1) is 18.6 Å². The van der Waals surface area contributed by atoms with Crippen molar-refractivity contribution in [3.05, 3.63) is 70.6 Å². The molecule has 3 rings (SSSR count). The van der Waals surface area contributed by atoms with E-state index in [2.05, 4.69) is 11.9 Å². The molecule has 0 radical (unpaired) electrons. The molecule has 0 spiro atoms. The average Bonchev–Trinajstić information content (AvgIpc) is 3.04. The minimum atomic E-state index is -0.512. The van der Waals surface area contributed by atoms with Gasteiger partial charge in [-0.15, -0.1) is 6.58 Å². The van der Waals surface area contributed by atoms with Gasteiger partial charge in [-0.25, -0.2) is 0 Å². The number of thioether (sulfide) groups is 1. The topological polar surface area (TPSA) is 84.9 Å². The predicted molar refractivity (Wildman–Crippen MR) is 131 cm³/mol. The molecule has 1 aliphatic rings. The maximum Gasteiger partial charge on any atom is 0.294 e. The number of amides is 3. The number of carbonyl (C=O) groups is 3. The molecule has 33 heavy (non-hydrogen) atoms. The first kappa shape index (κ1) is 24.1. The molecule has 2 aromatic rings. The minimum Gasteiger partial charge on any atom is -0.493 e. The van der Waals surface area contributed by atoms with Crippen LogP contribution in [0.5, 0.6) is 11.5 Å². The van der Waals surface area contributed by atoms with Gasteiger partial charge >= 0.3 is 0 Å². The van der Waals surface area contributed by atoms with Crippen LogP contribution in [0.15, 0.2) is 54.0 Å². The molecule has 1 saturated heterocycles. The van der Waals surface area contributed by atoms with Crippen molar-refractivity contribution < 1.29 is 23.9 Å². The Balaban J connectivity index is 1.79. The summed E-state index contributed by atoms with van der Waals surface area (Å²) in [4.78, 5) is 38.8. The van der Waals surface area contributed by atoms with E-state index in [1.807, 2.05) is 32.0 Å². The minimum absolute atomic E-state index is 0.235. The monoisotopic (exact) mass is 466 g/mol. The lowest BCUT2D eigenvalue weighted by atomic mass is 10.0. The Morgan fingerprint density at radius 2 is 1.94 bits per heavy atom. The zero-order valence-corrected chi connectivity index (χ0v) is 19.7. The first-order valence-corrected chi connectivity index (χ1v) is 11.2. The van der Waals surface area contributed by atoms with Gasteiger partial charge in [0, 0.05) is 11.3 Å². The predicted octanol–water partition coefficient (Wildman–Crippen LogP) is 4.81. The number of rotatable bonds is 9. The Hall–Kier alpha value is -3.52. The van der Waals surface area contributed by atoms with Crippen LogP contribution in [0.3, 0.4) is 0 Å². The molecule has 8 heteroatoms. The molecule has 2 aromatic carbocycles. The number of nitrogens with one attached hydrogen (secondary N) is 1. The van der Waals surface area contributed by atoms with Crippen molar-refractivity contribution in [1.82, 2.24) is 4.90 Å². The summed E-state index contributed by atoms with van der Waals surface area (Å²) in [5.74, 6) is 0.192. The van der Waals surface area contributed by atoms with Gasteiger partial charge in [0.2, 0.25) is 5.91 Å². The van der Waals surface area contributed by atoms with Crippen molar-refractivity contribution in [2.24, 2.45) is 0 Å². The number of benzene rings is 2. The molecule has 0 unspecified atom stereocenters. The van der Waals surface area contributed by atoms with Crippen LogP contribution < -0.4 is 14.8 Å². The molecule has 7 nitrogen and oxygen atoms in total. The maximum absolute atomic E-state index is 12.9. The highest BCUT2D eigenvalue weighted by molar-refractivity contribution is 8.18. The number of allylic oxidation sites excluding steroid dienone is 1. The number of aryl methyl sites for hydroxylation is 1. The summed E-state index contributed by atoms with van der Waals surface area (Å²) in [5.41, 5.74) is 3.20. The molecule has 0 aromatic heterocycles. The van der Waals surface area contributed by atoms with Crippen LogP contribution in [-0.2, 0) is 16.0 Å². The second-order valence-corrected chi connectivity index (χ2v) is 8.31. The first-order chi connectivity index (χ1) is 15.9. The van der Waals surface area contributed by atoms with Crippen LogP contribution in [0.25, 0.3) is 6.08 Å². The second-order valence-electron chi connectivity index (χ2n) is 7.32. The van der Waals surface area contributed by atoms with Gasteiger partial charge in [-0.2, -0.15) is 0 Å². The third kappa shape index (κ3) is 5.84. The highest BCUT2D eigenvalue weighted by Crippen LogP contribution is 2.37. The van der Waals surface area contributed by atoms with Gasteiger partial charge in [0.1, 0.15) is 6.54 Å². The molecule has 0 atom stereocenters.